The topological polar surface area (TPSA) is 12.0 Å². The molecule has 0 radical (unpaired) electrons. The minimum Gasteiger partial charge on any atom is -0.375 e. The summed E-state index contributed by atoms with van der Waals surface area (Å²) in [6.07, 6.45) is 0. The van der Waals surface area contributed by atoms with Crippen LogP contribution in [0.25, 0.3) is 0 Å². The van der Waals surface area contributed by atoms with Crippen molar-refractivity contribution in [1.29, 1.82) is 0 Å². The first-order chi connectivity index (χ1) is 8.99. The van der Waals surface area contributed by atoms with Gasteiger partial charge in [0.1, 0.15) is 17.5 Å². The Labute approximate surface area is 114 Å². The molecule has 0 aliphatic rings. The Balaban J connectivity index is 2.28. The second kappa shape index (κ2) is 5.53. The monoisotopic (exact) mass is 285 g/mol. The maximum atomic E-state index is 13.6. The van der Waals surface area contributed by atoms with E-state index in [4.69, 9.17) is 11.6 Å². The van der Waals surface area contributed by atoms with Gasteiger partial charge in [-0.25, -0.2) is 13.2 Å². The van der Waals surface area contributed by atoms with Gasteiger partial charge < -0.3 is 5.32 Å². The second-order valence-electron chi connectivity index (χ2n) is 4.13. The van der Waals surface area contributed by atoms with Crippen LogP contribution >= 0.6 is 11.6 Å². The molecule has 0 saturated carbocycles. The fourth-order valence-corrected chi connectivity index (χ4v) is 2.00. The number of halogens is 4. The van der Waals surface area contributed by atoms with Gasteiger partial charge in [0.2, 0.25) is 0 Å². The average molecular weight is 286 g/mol. The summed E-state index contributed by atoms with van der Waals surface area (Å²) in [6, 6.07) is 6.97. The van der Waals surface area contributed by atoms with Gasteiger partial charge >= 0.3 is 0 Å². The summed E-state index contributed by atoms with van der Waals surface area (Å²) >= 11 is 5.87. The predicted octanol–water partition coefficient (Wildman–Crippen LogP) is 4.93. The van der Waals surface area contributed by atoms with Crippen molar-refractivity contribution < 1.29 is 13.2 Å². The summed E-state index contributed by atoms with van der Waals surface area (Å²) in [5.74, 6) is -1.87. The first-order valence-corrected chi connectivity index (χ1v) is 6.02. The van der Waals surface area contributed by atoms with Gasteiger partial charge in [-0.1, -0.05) is 23.7 Å². The van der Waals surface area contributed by atoms with Gasteiger partial charge in [-0.2, -0.15) is 0 Å². The molecular weight excluding hydrogens is 275 g/mol. The Morgan fingerprint density at radius 1 is 1.05 bits per heavy atom. The second-order valence-corrected chi connectivity index (χ2v) is 4.54. The molecule has 100 valence electrons. The van der Waals surface area contributed by atoms with Gasteiger partial charge in [0.05, 0.1) is 16.8 Å². The lowest BCUT2D eigenvalue weighted by Gasteiger charge is -2.17. The molecule has 1 N–H and O–H groups in total. The van der Waals surface area contributed by atoms with Gasteiger partial charge in [0, 0.05) is 11.6 Å². The Hall–Kier alpha value is -1.68. The van der Waals surface area contributed by atoms with Crippen molar-refractivity contribution in [3.63, 3.8) is 0 Å². The molecule has 1 unspecified atom stereocenters. The van der Waals surface area contributed by atoms with Crippen LogP contribution in [0.2, 0.25) is 5.02 Å². The maximum Gasteiger partial charge on any atom is 0.147 e. The number of hydrogen-bond donors (Lipinski definition) is 1. The van der Waals surface area contributed by atoms with Crippen LogP contribution in [0, 0.1) is 17.5 Å². The molecule has 0 amide bonds. The molecule has 0 heterocycles. The number of nitrogens with one attached hydrogen (secondary N) is 1. The fraction of sp³-hybridized carbons (Fsp3) is 0.143. The summed E-state index contributed by atoms with van der Waals surface area (Å²) in [6.45, 7) is 1.64. The van der Waals surface area contributed by atoms with Crippen molar-refractivity contribution in [3.05, 3.63) is 64.4 Å². The molecule has 2 aromatic rings. The van der Waals surface area contributed by atoms with Gasteiger partial charge in [-0.3, -0.25) is 0 Å². The molecule has 0 aliphatic carbocycles. The summed E-state index contributed by atoms with van der Waals surface area (Å²) in [5, 5.41) is 2.99. The highest BCUT2D eigenvalue weighted by molar-refractivity contribution is 6.33. The Kier molecular flexibility index (Phi) is 4.00. The van der Waals surface area contributed by atoms with Crippen molar-refractivity contribution in [2.24, 2.45) is 0 Å². The number of para-hydroxylation sites is 1. The summed E-state index contributed by atoms with van der Waals surface area (Å²) in [5.41, 5.74) is 0.334. The molecule has 2 rings (SSSR count). The molecule has 0 aliphatic heterocycles. The molecule has 2 aromatic carbocycles. The highest BCUT2D eigenvalue weighted by atomic mass is 35.5. The number of rotatable bonds is 3. The molecule has 1 atom stereocenters. The van der Waals surface area contributed by atoms with E-state index in [0.29, 0.717) is 0 Å². The molecule has 5 heteroatoms. The van der Waals surface area contributed by atoms with E-state index in [-0.39, 0.29) is 16.3 Å². The third-order valence-electron chi connectivity index (χ3n) is 2.75. The van der Waals surface area contributed by atoms with Crippen LogP contribution in [0.4, 0.5) is 18.9 Å². The van der Waals surface area contributed by atoms with Crippen LogP contribution in [0.1, 0.15) is 18.5 Å². The zero-order valence-electron chi connectivity index (χ0n) is 10.1. The van der Waals surface area contributed by atoms with Crippen molar-refractivity contribution >= 4 is 17.3 Å². The van der Waals surface area contributed by atoms with E-state index < -0.39 is 23.5 Å². The third kappa shape index (κ3) is 3.01. The van der Waals surface area contributed by atoms with E-state index in [1.807, 2.05) is 0 Å². The summed E-state index contributed by atoms with van der Waals surface area (Å²) in [4.78, 5) is 0. The highest BCUT2D eigenvalue weighted by Gasteiger charge is 2.15. The van der Waals surface area contributed by atoms with Crippen molar-refractivity contribution in [2.75, 3.05) is 5.32 Å². The van der Waals surface area contributed by atoms with Gasteiger partial charge in [-0.05, 0) is 25.1 Å². The van der Waals surface area contributed by atoms with Gasteiger partial charge in [-0.15, -0.1) is 0 Å². The zero-order valence-corrected chi connectivity index (χ0v) is 10.8. The largest absolute Gasteiger partial charge is 0.375 e. The SMILES string of the molecule is CC(Nc1c(F)cccc1Cl)c1ccc(F)cc1F. The highest BCUT2D eigenvalue weighted by Crippen LogP contribution is 2.29. The number of benzene rings is 2. The first-order valence-electron chi connectivity index (χ1n) is 5.64. The zero-order chi connectivity index (χ0) is 14.0. The molecular formula is C14H11ClF3N. The van der Waals surface area contributed by atoms with Crippen LogP contribution in [0.5, 0.6) is 0 Å². The molecule has 0 bridgehead atoms. The van der Waals surface area contributed by atoms with E-state index in [1.165, 1.54) is 24.3 Å². The average Bonchev–Trinajstić information content (AvgIpc) is 2.33. The lowest BCUT2D eigenvalue weighted by molar-refractivity contribution is 0.565. The first kappa shape index (κ1) is 13.7. The summed E-state index contributed by atoms with van der Waals surface area (Å²) < 4.78 is 40.0. The van der Waals surface area contributed by atoms with E-state index in [2.05, 4.69) is 5.32 Å². The predicted molar refractivity (Wildman–Crippen MR) is 69.8 cm³/mol. The van der Waals surface area contributed by atoms with Crippen LogP contribution in [-0.2, 0) is 0 Å². The lowest BCUT2D eigenvalue weighted by Crippen LogP contribution is -2.10. The van der Waals surface area contributed by atoms with Gasteiger partial charge in [0.15, 0.2) is 0 Å². The number of hydrogen-bond acceptors (Lipinski definition) is 1. The van der Waals surface area contributed by atoms with Crippen molar-refractivity contribution in [3.8, 4) is 0 Å². The van der Waals surface area contributed by atoms with Crippen LogP contribution in [0.15, 0.2) is 36.4 Å². The number of anilines is 1. The van der Waals surface area contributed by atoms with Gasteiger partial charge in [0.25, 0.3) is 0 Å². The van der Waals surface area contributed by atoms with E-state index in [0.717, 1.165) is 12.1 Å². The molecule has 0 aromatic heterocycles. The van der Waals surface area contributed by atoms with E-state index in [1.54, 1.807) is 6.92 Å². The molecule has 0 spiro atoms. The Morgan fingerprint density at radius 2 is 1.79 bits per heavy atom. The minimum atomic E-state index is -0.688. The maximum absolute atomic E-state index is 13.6. The van der Waals surface area contributed by atoms with Crippen LogP contribution in [0.3, 0.4) is 0 Å². The van der Waals surface area contributed by atoms with E-state index in [9.17, 15) is 13.2 Å². The lowest BCUT2D eigenvalue weighted by atomic mass is 10.1. The smallest absolute Gasteiger partial charge is 0.147 e. The standard InChI is InChI=1S/C14H11ClF3N/c1-8(10-6-5-9(16)7-13(10)18)19-14-11(15)3-2-4-12(14)17/h2-8,19H,1H3. The molecule has 1 nitrogen and oxygen atoms in total. The summed E-state index contributed by atoms with van der Waals surface area (Å²) in [7, 11) is 0. The molecule has 0 saturated heterocycles. The normalized spacial score (nSPS) is 12.3. The van der Waals surface area contributed by atoms with Crippen molar-refractivity contribution in [2.45, 2.75) is 13.0 Å². The third-order valence-corrected chi connectivity index (χ3v) is 3.07. The van der Waals surface area contributed by atoms with Crippen LogP contribution in [-0.4, -0.2) is 0 Å². The Bertz CT molecular complexity index is 581. The Morgan fingerprint density at radius 3 is 2.42 bits per heavy atom. The van der Waals surface area contributed by atoms with Crippen LogP contribution < -0.4 is 5.32 Å². The molecule has 19 heavy (non-hydrogen) atoms. The quantitative estimate of drug-likeness (QED) is 0.843. The minimum absolute atomic E-state index is 0.0976. The molecule has 0 fully saturated rings. The fourth-order valence-electron chi connectivity index (χ4n) is 1.78. The van der Waals surface area contributed by atoms with E-state index >= 15 is 0 Å². The van der Waals surface area contributed by atoms with Crippen molar-refractivity contribution in [1.82, 2.24) is 0 Å².